The first-order chi connectivity index (χ1) is 16.2. The molecule has 0 aliphatic heterocycles. The molecule has 0 bridgehead atoms. The fourth-order valence-corrected chi connectivity index (χ4v) is 3.78. The van der Waals surface area contributed by atoms with Crippen molar-refractivity contribution in [2.45, 2.75) is 6.61 Å². The molecule has 6 heteroatoms. The summed E-state index contributed by atoms with van der Waals surface area (Å²) in [6.45, 7) is 0.446. The van der Waals surface area contributed by atoms with Gasteiger partial charge in [0.05, 0.1) is 7.11 Å². The van der Waals surface area contributed by atoms with Gasteiger partial charge in [0.25, 0.3) is 0 Å². The summed E-state index contributed by atoms with van der Waals surface area (Å²) in [5.41, 5.74) is 4.57. The number of nitrogens with zero attached hydrogens (tertiary/aromatic N) is 2. The third-order valence-electron chi connectivity index (χ3n) is 5.31. The van der Waals surface area contributed by atoms with Gasteiger partial charge in [0.1, 0.15) is 23.8 Å². The molecular weight excluding hydrogens is 434 g/mol. The molecule has 0 radical (unpaired) electrons. The minimum atomic E-state index is 0.446. The number of nitrogens with one attached hydrogen (secondary N) is 1. The number of hydrogen-bond donors (Lipinski definition) is 1. The summed E-state index contributed by atoms with van der Waals surface area (Å²) in [5, 5.41) is 4.19. The molecule has 0 aliphatic rings. The zero-order chi connectivity index (χ0) is 22.6. The quantitative estimate of drug-likeness (QED) is 0.287. The van der Waals surface area contributed by atoms with Gasteiger partial charge in [-0.05, 0) is 60.2 Å². The molecule has 164 valence electrons. The summed E-state index contributed by atoms with van der Waals surface area (Å²) in [4.78, 5) is 4.89. The lowest BCUT2D eigenvalue weighted by Gasteiger charge is -2.13. The highest BCUT2D eigenvalue weighted by atomic mass is 35.5. The Morgan fingerprint density at radius 1 is 0.879 bits per heavy atom. The second-order valence-corrected chi connectivity index (χ2v) is 7.95. The maximum Gasteiger partial charge on any atom is 0.162 e. The molecule has 0 unspecified atom stereocenters. The average Bonchev–Trinajstić information content (AvgIpc) is 3.23. The van der Waals surface area contributed by atoms with Gasteiger partial charge in [-0.2, -0.15) is 0 Å². The third-order valence-corrected chi connectivity index (χ3v) is 5.56. The number of fused-ring (bicyclic) bond motifs is 1. The van der Waals surface area contributed by atoms with Crippen LogP contribution in [0.2, 0.25) is 5.02 Å². The van der Waals surface area contributed by atoms with Crippen LogP contribution in [0.1, 0.15) is 5.56 Å². The van der Waals surface area contributed by atoms with Crippen molar-refractivity contribution >= 4 is 28.8 Å². The Morgan fingerprint density at radius 2 is 1.67 bits per heavy atom. The van der Waals surface area contributed by atoms with Gasteiger partial charge in [0.2, 0.25) is 0 Å². The summed E-state index contributed by atoms with van der Waals surface area (Å²) >= 11 is 6.06. The van der Waals surface area contributed by atoms with E-state index in [1.807, 2.05) is 102 Å². The van der Waals surface area contributed by atoms with E-state index in [2.05, 4.69) is 5.32 Å². The van der Waals surface area contributed by atoms with Gasteiger partial charge in [-0.15, -0.1) is 0 Å². The normalized spacial score (nSPS) is 10.8. The molecule has 5 aromatic rings. The van der Waals surface area contributed by atoms with Crippen LogP contribution in [0.3, 0.4) is 0 Å². The topological polar surface area (TPSA) is 47.8 Å². The summed E-state index contributed by atoms with van der Waals surface area (Å²) in [6, 6.07) is 29.4. The van der Waals surface area contributed by atoms with Crippen molar-refractivity contribution in [2.24, 2.45) is 0 Å². The Bertz CT molecular complexity index is 1380. The number of benzene rings is 3. The van der Waals surface area contributed by atoms with Crippen molar-refractivity contribution in [1.29, 1.82) is 0 Å². The minimum Gasteiger partial charge on any atom is -0.493 e. The number of imidazole rings is 1. The maximum absolute atomic E-state index is 6.13. The van der Waals surface area contributed by atoms with E-state index in [4.69, 9.17) is 26.1 Å². The lowest BCUT2D eigenvalue weighted by molar-refractivity contribution is 0.284. The van der Waals surface area contributed by atoms with Gasteiger partial charge >= 0.3 is 0 Å². The predicted octanol–water partition coefficient (Wildman–Crippen LogP) is 6.99. The van der Waals surface area contributed by atoms with Crippen LogP contribution in [0.25, 0.3) is 16.9 Å². The highest BCUT2D eigenvalue weighted by Gasteiger charge is 2.17. The molecule has 0 aliphatic carbocycles. The molecule has 2 heterocycles. The second-order valence-electron chi connectivity index (χ2n) is 7.51. The van der Waals surface area contributed by atoms with Crippen LogP contribution in [-0.2, 0) is 6.61 Å². The van der Waals surface area contributed by atoms with E-state index in [9.17, 15) is 0 Å². The van der Waals surface area contributed by atoms with Crippen LogP contribution in [0, 0.1) is 0 Å². The number of methoxy groups -OCH3 is 1. The van der Waals surface area contributed by atoms with E-state index >= 15 is 0 Å². The fourth-order valence-electron chi connectivity index (χ4n) is 3.66. The third kappa shape index (κ3) is 4.49. The Labute approximate surface area is 197 Å². The fraction of sp³-hybridized carbons (Fsp3) is 0.0741. The summed E-state index contributed by atoms with van der Waals surface area (Å²) < 4.78 is 13.7. The molecule has 0 fully saturated rings. The van der Waals surface area contributed by atoms with Crippen LogP contribution in [0.4, 0.5) is 11.5 Å². The van der Waals surface area contributed by atoms with Crippen molar-refractivity contribution < 1.29 is 9.47 Å². The van der Waals surface area contributed by atoms with Crippen LogP contribution in [-0.4, -0.2) is 16.5 Å². The smallest absolute Gasteiger partial charge is 0.162 e. The van der Waals surface area contributed by atoms with E-state index < -0.39 is 0 Å². The predicted molar refractivity (Wildman–Crippen MR) is 133 cm³/mol. The Kier molecular flexibility index (Phi) is 5.87. The standard InChI is InChI=1S/C27H22ClN3O2/c1-32-23-15-10-20(17-24(23)33-18-19-7-3-2-4-8-19)26-27(29-22-13-11-21(28)12-14-22)31-16-6-5-9-25(31)30-26/h2-17,29H,18H2,1H3. The molecule has 0 amide bonds. The van der Waals surface area contributed by atoms with Crippen molar-refractivity contribution in [3.05, 3.63) is 108 Å². The van der Waals surface area contributed by atoms with Crippen molar-refractivity contribution in [3.8, 4) is 22.8 Å². The number of aromatic nitrogens is 2. The van der Waals surface area contributed by atoms with Crippen molar-refractivity contribution in [1.82, 2.24) is 9.38 Å². The molecule has 33 heavy (non-hydrogen) atoms. The van der Waals surface area contributed by atoms with Crippen LogP contribution < -0.4 is 14.8 Å². The van der Waals surface area contributed by atoms with Gasteiger partial charge in [-0.3, -0.25) is 4.40 Å². The highest BCUT2D eigenvalue weighted by Crippen LogP contribution is 2.37. The number of halogens is 1. The number of hydrogen-bond acceptors (Lipinski definition) is 4. The molecule has 0 atom stereocenters. The number of pyridine rings is 1. The van der Waals surface area contributed by atoms with Crippen molar-refractivity contribution in [3.63, 3.8) is 0 Å². The largest absolute Gasteiger partial charge is 0.493 e. The van der Waals surface area contributed by atoms with Crippen LogP contribution >= 0.6 is 11.6 Å². The van der Waals surface area contributed by atoms with E-state index in [1.54, 1.807) is 7.11 Å². The first kappa shape index (κ1) is 20.9. The summed E-state index contributed by atoms with van der Waals surface area (Å²) in [6.07, 6.45) is 1.99. The summed E-state index contributed by atoms with van der Waals surface area (Å²) in [7, 11) is 1.64. The van der Waals surface area contributed by atoms with E-state index in [0.717, 1.165) is 34.0 Å². The number of rotatable bonds is 7. The Hall–Kier alpha value is -3.96. The van der Waals surface area contributed by atoms with Gasteiger partial charge in [0.15, 0.2) is 11.5 Å². The zero-order valence-corrected chi connectivity index (χ0v) is 18.8. The molecule has 0 saturated heterocycles. The van der Waals surface area contributed by atoms with Crippen LogP contribution in [0.15, 0.2) is 97.2 Å². The molecular formula is C27H22ClN3O2. The maximum atomic E-state index is 6.13. The Morgan fingerprint density at radius 3 is 2.45 bits per heavy atom. The van der Waals surface area contributed by atoms with Crippen molar-refractivity contribution in [2.75, 3.05) is 12.4 Å². The highest BCUT2D eigenvalue weighted by molar-refractivity contribution is 6.30. The molecule has 5 rings (SSSR count). The van der Waals surface area contributed by atoms with Crippen LogP contribution in [0.5, 0.6) is 11.5 Å². The van der Waals surface area contributed by atoms with Gasteiger partial charge < -0.3 is 14.8 Å². The van der Waals surface area contributed by atoms with Gasteiger partial charge in [-0.1, -0.05) is 48.0 Å². The number of ether oxygens (including phenoxy) is 2. The first-order valence-electron chi connectivity index (χ1n) is 10.6. The molecule has 3 aromatic carbocycles. The van der Waals surface area contributed by atoms with Gasteiger partial charge in [0, 0.05) is 22.5 Å². The molecule has 0 saturated carbocycles. The lowest BCUT2D eigenvalue weighted by Crippen LogP contribution is -1.99. The van der Waals surface area contributed by atoms with E-state index in [1.165, 1.54) is 0 Å². The minimum absolute atomic E-state index is 0.446. The molecule has 0 spiro atoms. The SMILES string of the molecule is COc1ccc(-c2nc3ccccn3c2Nc2ccc(Cl)cc2)cc1OCc1ccccc1. The monoisotopic (exact) mass is 455 g/mol. The number of anilines is 2. The molecule has 5 nitrogen and oxygen atoms in total. The second kappa shape index (κ2) is 9.27. The van der Waals surface area contributed by atoms with E-state index in [0.29, 0.717) is 23.1 Å². The molecule has 1 N–H and O–H groups in total. The first-order valence-corrected chi connectivity index (χ1v) is 10.9. The Balaban J connectivity index is 1.54. The lowest BCUT2D eigenvalue weighted by atomic mass is 10.1. The molecule has 2 aromatic heterocycles. The summed E-state index contributed by atoms with van der Waals surface area (Å²) in [5.74, 6) is 2.19. The van der Waals surface area contributed by atoms with E-state index in [-0.39, 0.29) is 0 Å². The average molecular weight is 456 g/mol. The zero-order valence-electron chi connectivity index (χ0n) is 18.0. The van der Waals surface area contributed by atoms with Gasteiger partial charge in [-0.25, -0.2) is 4.98 Å².